The van der Waals surface area contributed by atoms with Crippen molar-refractivity contribution in [1.29, 1.82) is 0 Å². The van der Waals surface area contributed by atoms with Gasteiger partial charge in [0, 0.05) is 40.9 Å². The van der Waals surface area contributed by atoms with Gasteiger partial charge in [-0.05, 0) is 56.1 Å². The Hall–Kier alpha value is -3.26. The van der Waals surface area contributed by atoms with Gasteiger partial charge in [-0.15, -0.1) is 0 Å². The van der Waals surface area contributed by atoms with Crippen molar-refractivity contribution >= 4 is 46.3 Å². The highest BCUT2D eigenvalue weighted by atomic mass is 35.5. The number of ketones is 1. The lowest BCUT2D eigenvalue weighted by molar-refractivity contribution is -0.384. The average Bonchev–Trinajstić information content (AvgIpc) is 3.54. The third-order valence-corrected chi connectivity index (χ3v) is 8.85. The highest BCUT2D eigenvalue weighted by molar-refractivity contribution is 6.42. The zero-order chi connectivity index (χ0) is 26.1. The fraction of sp³-hybridized carbons (Fsp3) is 0.286. The molecule has 188 valence electrons. The van der Waals surface area contributed by atoms with Crippen LogP contribution in [0.25, 0.3) is 0 Å². The van der Waals surface area contributed by atoms with Crippen LogP contribution in [0.2, 0.25) is 10.0 Å². The highest BCUT2D eigenvalue weighted by Gasteiger charge is 2.69. The molecule has 1 amide bonds. The molecular weight excluding hydrogens is 513 g/mol. The topological polar surface area (TPSA) is 92.5 Å². The van der Waals surface area contributed by atoms with Gasteiger partial charge in [0.25, 0.3) is 5.69 Å². The van der Waals surface area contributed by atoms with Crippen molar-refractivity contribution in [3.05, 3.63) is 103 Å². The number of aryl methyl sites for hydroxylation is 1. The second kappa shape index (κ2) is 8.65. The van der Waals surface area contributed by atoms with Gasteiger partial charge in [0.05, 0.1) is 20.9 Å². The number of non-ortho nitro benzene ring substituents is 1. The molecule has 37 heavy (non-hydrogen) atoms. The van der Waals surface area contributed by atoms with Gasteiger partial charge in [-0.3, -0.25) is 24.6 Å². The first-order valence-electron chi connectivity index (χ1n) is 12.2. The van der Waals surface area contributed by atoms with Gasteiger partial charge in [0.2, 0.25) is 5.91 Å². The first-order chi connectivity index (χ1) is 17.7. The first kappa shape index (κ1) is 24.1. The molecule has 0 saturated carbocycles. The van der Waals surface area contributed by atoms with Crippen molar-refractivity contribution in [3.63, 3.8) is 0 Å². The maximum absolute atomic E-state index is 14.5. The number of fused-ring (bicyclic) bond motifs is 4. The summed E-state index contributed by atoms with van der Waals surface area (Å²) in [5.41, 5.74) is 2.17. The standard InChI is InChI=1S/C28H23Cl2N3O4/c1-15-7-10-22-19(12-15)28(27(35)31-22)25(26(34)17-8-9-20(29)21(30)14-17)24(23-6-3-11-32(23)28)16-4-2-5-18(13-16)33(36)37/h2,4-5,7-10,12-14,23-25H,3,6,11H2,1H3,(H,31,35)/t23?,24?,25?,28-/m1/s1. The number of anilines is 1. The van der Waals surface area contributed by atoms with Crippen LogP contribution < -0.4 is 5.32 Å². The van der Waals surface area contributed by atoms with Crippen molar-refractivity contribution in [2.45, 2.75) is 37.3 Å². The van der Waals surface area contributed by atoms with Crippen LogP contribution in [-0.4, -0.2) is 34.1 Å². The summed E-state index contributed by atoms with van der Waals surface area (Å²) in [7, 11) is 0. The third kappa shape index (κ3) is 3.45. The molecule has 3 heterocycles. The number of hydrogen-bond acceptors (Lipinski definition) is 5. The Morgan fingerprint density at radius 2 is 1.92 bits per heavy atom. The molecule has 0 bridgehead atoms. The molecule has 0 aliphatic carbocycles. The summed E-state index contributed by atoms with van der Waals surface area (Å²) in [6.45, 7) is 2.60. The number of nitro benzene ring substituents is 1. The van der Waals surface area contributed by atoms with Gasteiger partial charge in [-0.2, -0.15) is 0 Å². The number of benzene rings is 3. The Morgan fingerprint density at radius 1 is 1.11 bits per heavy atom. The monoisotopic (exact) mass is 535 g/mol. The SMILES string of the molecule is Cc1ccc2c(c1)[C@]1(C(=O)N2)C(C(=O)c2ccc(Cl)c(Cl)c2)C(c2cccc([N+](=O)[O-])c2)C2CCCN21. The molecule has 0 radical (unpaired) electrons. The first-order valence-corrected chi connectivity index (χ1v) is 12.9. The van der Waals surface area contributed by atoms with E-state index in [1.165, 1.54) is 12.1 Å². The number of nitro groups is 1. The Kier molecular flexibility index (Phi) is 5.64. The van der Waals surface area contributed by atoms with E-state index in [1.807, 2.05) is 31.2 Å². The molecule has 3 aliphatic rings. The summed E-state index contributed by atoms with van der Waals surface area (Å²) >= 11 is 12.4. The van der Waals surface area contributed by atoms with E-state index in [-0.39, 0.29) is 28.4 Å². The van der Waals surface area contributed by atoms with Crippen LogP contribution in [-0.2, 0) is 10.3 Å². The van der Waals surface area contributed by atoms with E-state index in [0.717, 1.165) is 24.0 Å². The van der Waals surface area contributed by atoms with E-state index >= 15 is 0 Å². The van der Waals surface area contributed by atoms with Crippen LogP contribution in [0.1, 0.15) is 45.8 Å². The lowest BCUT2D eigenvalue weighted by atomic mass is 9.68. The molecule has 6 rings (SSSR count). The van der Waals surface area contributed by atoms with Crippen molar-refractivity contribution in [2.24, 2.45) is 5.92 Å². The minimum atomic E-state index is -1.25. The number of nitrogens with one attached hydrogen (secondary N) is 1. The lowest BCUT2D eigenvalue weighted by Gasteiger charge is -2.37. The molecule has 4 atom stereocenters. The van der Waals surface area contributed by atoms with Crippen LogP contribution in [0.5, 0.6) is 0 Å². The summed E-state index contributed by atoms with van der Waals surface area (Å²) < 4.78 is 0. The fourth-order valence-corrected chi connectivity index (χ4v) is 7.02. The number of carbonyl (C=O) groups excluding carboxylic acids is 2. The molecule has 1 spiro atoms. The molecule has 3 aromatic rings. The van der Waals surface area contributed by atoms with Crippen LogP contribution in [0, 0.1) is 23.0 Å². The van der Waals surface area contributed by atoms with E-state index < -0.39 is 22.3 Å². The number of amides is 1. The van der Waals surface area contributed by atoms with Crippen LogP contribution in [0.15, 0.2) is 60.7 Å². The van der Waals surface area contributed by atoms with Crippen molar-refractivity contribution in [3.8, 4) is 0 Å². The fourth-order valence-electron chi connectivity index (χ4n) is 6.72. The minimum absolute atomic E-state index is 0.0455. The predicted molar refractivity (Wildman–Crippen MR) is 141 cm³/mol. The summed E-state index contributed by atoms with van der Waals surface area (Å²) in [6.07, 6.45) is 1.63. The minimum Gasteiger partial charge on any atom is -0.324 e. The number of hydrogen-bond donors (Lipinski definition) is 1. The zero-order valence-corrected chi connectivity index (χ0v) is 21.4. The molecule has 3 aliphatic heterocycles. The van der Waals surface area contributed by atoms with Crippen LogP contribution in [0.4, 0.5) is 11.4 Å². The van der Waals surface area contributed by atoms with Gasteiger partial charge >= 0.3 is 0 Å². The average molecular weight is 536 g/mol. The second-order valence-corrected chi connectivity index (χ2v) is 10.8. The number of halogens is 2. The number of carbonyl (C=O) groups is 2. The summed E-state index contributed by atoms with van der Waals surface area (Å²) in [6, 6.07) is 16.8. The number of rotatable bonds is 4. The zero-order valence-electron chi connectivity index (χ0n) is 19.9. The van der Waals surface area contributed by atoms with Gasteiger partial charge in [-0.25, -0.2) is 0 Å². The molecule has 1 N–H and O–H groups in total. The molecule has 7 nitrogen and oxygen atoms in total. The Labute approximate surface area is 223 Å². The van der Waals surface area contributed by atoms with E-state index in [2.05, 4.69) is 10.2 Å². The largest absolute Gasteiger partial charge is 0.324 e. The molecule has 2 fully saturated rings. The van der Waals surface area contributed by atoms with Crippen LogP contribution >= 0.6 is 23.2 Å². The van der Waals surface area contributed by atoms with Crippen molar-refractivity contribution in [2.75, 3.05) is 11.9 Å². The molecule has 0 aromatic heterocycles. The van der Waals surface area contributed by atoms with Gasteiger partial charge in [0.15, 0.2) is 5.78 Å². The lowest BCUT2D eigenvalue weighted by Crippen LogP contribution is -2.52. The summed E-state index contributed by atoms with van der Waals surface area (Å²) in [5, 5.41) is 15.3. The van der Waals surface area contributed by atoms with Crippen LogP contribution in [0.3, 0.4) is 0 Å². The van der Waals surface area contributed by atoms with Crippen molar-refractivity contribution < 1.29 is 14.5 Å². The second-order valence-electron chi connectivity index (χ2n) is 10.0. The highest BCUT2D eigenvalue weighted by Crippen LogP contribution is 2.61. The molecule has 9 heteroatoms. The van der Waals surface area contributed by atoms with Gasteiger partial charge < -0.3 is 5.32 Å². The Morgan fingerprint density at radius 3 is 2.68 bits per heavy atom. The molecular formula is C28H23Cl2N3O4. The summed E-state index contributed by atoms with van der Waals surface area (Å²) in [5.74, 6) is -1.76. The molecule has 3 unspecified atom stereocenters. The maximum Gasteiger partial charge on any atom is 0.269 e. The normalized spacial score (nSPS) is 26.2. The van der Waals surface area contributed by atoms with Gasteiger partial charge in [0.1, 0.15) is 5.54 Å². The van der Waals surface area contributed by atoms with E-state index in [9.17, 15) is 19.7 Å². The third-order valence-electron chi connectivity index (χ3n) is 8.11. The molecule has 2 saturated heterocycles. The Bertz CT molecular complexity index is 1490. The number of Topliss-reactive ketones (excluding diaryl/α,β-unsaturated/α-hetero) is 1. The summed E-state index contributed by atoms with van der Waals surface area (Å²) in [4.78, 5) is 41.9. The maximum atomic E-state index is 14.5. The van der Waals surface area contributed by atoms with E-state index in [1.54, 1.807) is 24.3 Å². The smallest absolute Gasteiger partial charge is 0.269 e. The van der Waals surface area contributed by atoms with E-state index in [4.69, 9.17) is 23.2 Å². The van der Waals surface area contributed by atoms with Crippen molar-refractivity contribution in [1.82, 2.24) is 4.90 Å². The quantitative estimate of drug-likeness (QED) is 0.247. The predicted octanol–water partition coefficient (Wildman–Crippen LogP) is 6.12. The van der Waals surface area contributed by atoms with E-state index in [0.29, 0.717) is 28.4 Å². The Balaban J connectivity index is 1.63. The van der Waals surface area contributed by atoms with Gasteiger partial charge in [-0.1, -0.05) is 53.0 Å². The number of nitrogens with zero attached hydrogens (tertiary/aromatic N) is 2. The molecule has 3 aromatic carbocycles.